The van der Waals surface area contributed by atoms with Crippen LogP contribution in [0.3, 0.4) is 0 Å². The predicted molar refractivity (Wildman–Crippen MR) is 120 cm³/mol. The van der Waals surface area contributed by atoms with Gasteiger partial charge in [-0.2, -0.15) is 0 Å². The lowest BCUT2D eigenvalue weighted by molar-refractivity contribution is -0.143. The Morgan fingerprint density at radius 2 is 2.03 bits per heavy atom. The highest BCUT2D eigenvalue weighted by atomic mass is 32.2. The SMILES string of the molecule is C=CCc1cc(/C=C2\SC(=NCC)N(CC)C2=O)cc(OCC)c1OCC(=O)OC. The fourth-order valence-corrected chi connectivity index (χ4v) is 3.99. The van der Waals surface area contributed by atoms with Crippen molar-refractivity contribution in [2.75, 3.05) is 33.4 Å². The van der Waals surface area contributed by atoms with Crippen LogP contribution in [-0.2, 0) is 20.7 Å². The highest BCUT2D eigenvalue weighted by molar-refractivity contribution is 8.18. The first-order chi connectivity index (χ1) is 14.5. The van der Waals surface area contributed by atoms with Gasteiger partial charge in [0.25, 0.3) is 5.91 Å². The summed E-state index contributed by atoms with van der Waals surface area (Å²) in [4.78, 5) is 31.0. The van der Waals surface area contributed by atoms with E-state index in [2.05, 4.69) is 16.3 Å². The molecule has 1 saturated heterocycles. The summed E-state index contributed by atoms with van der Waals surface area (Å²) in [5.74, 6) is 0.420. The summed E-state index contributed by atoms with van der Waals surface area (Å²) in [5.41, 5.74) is 1.60. The number of methoxy groups -OCH3 is 1. The number of nitrogens with zero attached hydrogens (tertiary/aromatic N) is 2. The molecule has 1 amide bonds. The molecule has 1 aliphatic heterocycles. The number of ether oxygens (including phenoxy) is 3. The van der Waals surface area contributed by atoms with E-state index < -0.39 is 5.97 Å². The Morgan fingerprint density at radius 1 is 1.27 bits per heavy atom. The van der Waals surface area contributed by atoms with Crippen molar-refractivity contribution in [3.63, 3.8) is 0 Å². The summed E-state index contributed by atoms with van der Waals surface area (Å²) >= 11 is 1.36. The minimum absolute atomic E-state index is 0.0658. The van der Waals surface area contributed by atoms with E-state index in [4.69, 9.17) is 9.47 Å². The molecule has 30 heavy (non-hydrogen) atoms. The Morgan fingerprint density at radius 3 is 2.63 bits per heavy atom. The van der Waals surface area contributed by atoms with Crippen LogP contribution in [0.5, 0.6) is 11.5 Å². The number of amidine groups is 1. The number of esters is 1. The number of benzene rings is 1. The molecule has 2 rings (SSSR count). The molecule has 1 heterocycles. The molecule has 8 heteroatoms. The molecular formula is C22H28N2O5S. The lowest BCUT2D eigenvalue weighted by atomic mass is 10.0. The minimum Gasteiger partial charge on any atom is -0.490 e. The number of rotatable bonds is 10. The van der Waals surface area contributed by atoms with Crippen LogP contribution in [0.15, 0.2) is 34.7 Å². The van der Waals surface area contributed by atoms with Crippen LogP contribution >= 0.6 is 11.8 Å². The van der Waals surface area contributed by atoms with Crippen LogP contribution < -0.4 is 9.47 Å². The van der Waals surface area contributed by atoms with Gasteiger partial charge in [0.1, 0.15) is 0 Å². The van der Waals surface area contributed by atoms with Gasteiger partial charge in [-0.1, -0.05) is 6.08 Å². The summed E-state index contributed by atoms with van der Waals surface area (Å²) < 4.78 is 16.1. The van der Waals surface area contributed by atoms with Crippen LogP contribution in [-0.4, -0.2) is 55.4 Å². The first-order valence-corrected chi connectivity index (χ1v) is 10.7. The summed E-state index contributed by atoms with van der Waals surface area (Å²) in [6.07, 6.45) is 4.08. The van der Waals surface area contributed by atoms with Gasteiger partial charge in [-0.25, -0.2) is 4.79 Å². The zero-order valence-corrected chi connectivity index (χ0v) is 18.7. The molecule has 0 bridgehead atoms. The topological polar surface area (TPSA) is 77.4 Å². The molecule has 7 nitrogen and oxygen atoms in total. The van der Waals surface area contributed by atoms with Gasteiger partial charge < -0.3 is 14.2 Å². The predicted octanol–water partition coefficient (Wildman–Crippen LogP) is 3.68. The summed E-state index contributed by atoms with van der Waals surface area (Å²) in [6, 6.07) is 3.71. The van der Waals surface area contributed by atoms with Gasteiger partial charge in [-0.05, 0) is 62.7 Å². The Kier molecular flexibility index (Phi) is 8.98. The van der Waals surface area contributed by atoms with Gasteiger partial charge >= 0.3 is 5.97 Å². The molecule has 0 aliphatic carbocycles. The van der Waals surface area contributed by atoms with Crippen molar-refractivity contribution >= 4 is 34.9 Å². The number of thioether (sulfide) groups is 1. The highest BCUT2D eigenvalue weighted by Gasteiger charge is 2.32. The average Bonchev–Trinajstić information content (AvgIpc) is 3.02. The number of likely N-dealkylation sites (N-methyl/N-ethyl adjacent to an activating group) is 1. The molecule has 0 unspecified atom stereocenters. The van der Waals surface area contributed by atoms with Crippen LogP contribution in [0, 0.1) is 0 Å². The van der Waals surface area contributed by atoms with Crippen LogP contribution in [0.25, 0.3) is 6.08 Å². The van der Waals surface area contributed by atoms with E-state index in [1.807, 2.05) is 32.9 Å². The monoisotopic (exact) mass is 432 g/mol. The minimum atomic E-state index is -0.483. The van der Waals surface area contributed by atoms with Crippen LogP contribution in [0.4, 0.5) is 0 Å². The van der Waals surface area contributed by atoms with E-state index in [0.29, 0.717) is 47.7 Å². The fourth-order valence-electron chi connectivity index (χ4n) is 2.88. The Bertz CT molecular complexity index is 863. The van der Waals surface area contributed by atoms with Gasteiger partial charge in [-0.15, -0.1) is 6.58 Å². The molecule has 1 aromatic carbocycles. The number of hydrogen-bond donors (Lipinski definition) is 0. The third-order valence-electron chi connectivity index (χ3n) is 4.18. The third kappa shape index (κ3) is 5.66. The normalized spacial score (nSPS) is 16.3. The Hall–Kier alpha value is -2.74. The number of allylic oxidation sites excluding steroid dienone is 1. The summed E-state index contributed by atoms with van der Waals surface area (Å²) in [7, 11) is 1.31. The molecule has 0 radical (unpaired) electrons. The summed E-state index contributed by atoms with van der Waals surface area (Å²) in [6.45, 7) is 10.9. The lowest BCUT2D eigenvalue weighted by Gasteiger charge is -2.16. The third-order valence-corrected chi connectivity index (χ3v) is 5.22. The lowest BCUT2D eigenvalue weighted by Crippen LogP contribution is -2.28. The number of carbonyl (C=O) groups is 2. The molecule has 162 valence electrons. The van der Waals surface area contributed by atoms with E-state index in [0.717, 1.165) is 11.1 Å². The van der Waals surface area contributed by atoms with Crippen LogP contribution in [0.1, 0.15) is 31.9 Å². The quantitative estimate of drug-likeness (QED) is 0.319. The molecule has 0 N–H and O–H groups in total. The molecular weight excluding hydrogens is 404 g/mol. The Labute approximate surface area is 181 Å². The van der Waals surface area contributed by atoms with Crippen molar-refractivity contribution in [3.05, 3.63) is 40.8 Å². The van der Waals surface area contributed by atoms with E-state index in [9.17, 15) is 9.59 Å². The summed E-state index contributed by atoms with van der Waals surface area (Å²) in [5, 5.41) is 0.714. The molecule has 0 spiro atoms. The van der Waals surface area contributed by atoms with Crippen LogP contribution in [0.2, 0.25) is 0 Å². The zero-order valence-electron chi connectivity index (χ0n) is 17.9. The van der Waals surface area contributed by atoms with E-state index in [1.165, 1.54) is 18.9 Å². The van der Waals surface area contributed by atoms with E-state index in [1.54, 1.807) is 17.0 Å². The van der Waals surface area contributed by atoms with Crippen molar-refractivity contribution in [2.24, 2.45) is 4.99 Å². The molecule has 1 aromatic rings. The fraction of sp³-hybridized carbons (Fsp3) is 0.409. The van der Waals surface area contributed by atoms with E-state index in [-0.39, 0.29) is 12.5 Å². The maximum atomic E-state index is 12.8. The van der Waals surface area contributed by atoms with Gasteiger partial charge in [-0.3, -0.25) is 14.7 Å². The first-order valence-electron chi connectivity index (χ1n) is 9.84. The number of aliphatic imine (C=N–C) groups is 1. The second-order valence-corrected chi connectivity index (χ2v) is 7.22. The molecule has 0 atom stereocenters. The largest absolute Gasteiger partial charge is 0.490 e. The second-order valence-electron chi connectivity index (χ2n) is 6.21. The van der Waals surface area contributed by atoms with Gasteiger partial charge in [0.2, 0.25) is 0 Å². The maximum Gasteiger partial charge on any atom is 0.343 e. The van der Waals surface area contributed by atoms with E-state index >= 15 is 0 Å². The average molecular weight is 433 g/mol. The van der Waals surface area contributed by atoms with Crippen molar-refractivity contribution in [3.8, 4) is 11.5 Å². The van der Waals surface area contributed by atoms with Gasteiger partial charge in [0.15, 0.2) is 23.3 Å². The first kappa shape index (κ1) is 23.5. The molecule has 1 aliphatic rings. The van der Waals surface area contributed by atoms with Gasteiger partial charge in [0, 0.05) is 18.7 Å². The number of carbonyl (C=O) groups excluding carboxylic acids is 2. The molecule has 0 aromatic heterocycles. The van der Waals surface area contributed by atoms with Crippen molar-refractivity contribution in [1.29, 1.82) is 0 Å². The highest BCUT2D eigenvalue weighted by Crippen LogP contribution is 2.37. The maximum absolute atomic E-state index is 12.8. The zero-order chi connectivity index (χ0) is 22.1. The Balaban J connectivity index is 2.46. The smallest absolute Gasteiger partial charge is 0.343 e. The standard InChI is InChI=1S/C22H28N2O5S/c1-6-10-16-11-15(12-17(28-9-4)20(16)29-14-19(25)27-5)13-18-21(26)24(8-3)22(30-18)23-7-2/h6,11-13H,1,7-10,14H2,2-5H3/b18-13-,23-22?. The molecule has 0 saturated carbocycles. The van der Waals surface area contributed by atoms with Crippen molar-refractivity contribution < 1.29 is 23.8 Å². The van der Waals surface area contributed by atoms with Gasteiger partial charge in [0.05, 0.1) is 18.6 Å². The number of amides is 1. The van der Waals surface area contributed by atoms with Crippen molar-refractivity contribution in [2.45, 2.75) is 27.2 Å². The molecule has 1 fully saturated rings. The second kappa shape index (κ2) is 11.4. The van der Waals surface area contributed by atoms with Crippen molar-refractivity contribution in [1.82, 2.24) is 4.90 Å². The number of hydrogen-bond acceptors (Lipinski definition) is 7.